The third-order valence-corrected chi connectivity index (χ3v) is 3.98. The first-order valence-corrected chi connectivity index (χ1v) is 8.70. The van der Waals surface area contributed by atoms with Gasteiger partial charge < -0.3 is 21.7 Å². The predicted molar refractivity (Wildman–Crippen MR) is 103 cm³/mol. The molecule has 0 radical (unpaired) electrons. The van der Waals surface area contributed by atoms with Crippen molar-refractivity contribution in [2.45, 2.75) is 5.92 Å². The number of hydrogen-bond donors (Lipinski definition) is 4. The minimum atomic E-state index is -0.449. The molecule has 7 heteroatoms. The summed E-state index contributed by atoms with van der Waals surface area (Å²) in [6.45, 7) is -0.144. The van der Waals surface area contributed by atoms with Gasteiger partial charge in [0, 0.05) is 12.5 Å². The van der Waals surface area contributed by atoms with E-state index in [0.29, 0.717) is 6.54 Å². The van der Waals surface area contributed by atoms with Gasteiger partial charge in [0.1, 0.15) is 0 Å². The average Bonchev–Trinajstić information content (AvgIpc) is 2.72. The lowest BCUT2D eigenvalue weighted by Gasteiger charge is -2.19. The maximum absolute atomic E-state index is 12.1. The minimum absolute atomic E-state index is 0.0101. The number of carbonyl (C=O) groups is 3. The molecule has 0 unspecified atom stereocenters. The van der Waals surface area contributed by atoms with Crippen LogP contribution in [0.1, 0.15) is 17.0 Å². The summed E-state index contributed by atoms with van der Waals surface area (Å²) in [6, 6.07) is 19.8. The van der Waals surface area contributed by atoms with E-state index in [1.165, 1.54) is 0 Å². The van der Waals surface area contributed by atoms with Crippen LogP contribution < -0.4 is 21.7 Å². The smallest absolute Gasteiger partial charge is 0.239 e. The summed E-state index contributed by atoms with van der Waals surface area (Å²) in [5, 5.41) is 7.65. The Morgan fingerprint density at radius 1 is 0.704 bits per heavy atom. The van der Waals surface area contributed by atoms with Crippen molar-refractivity contribution in [2.75, 3.05) is 26.2 Å². The van der Waals surface area contributed by atoms with Crippen LogP contribution in [0.25, 0.3) is 0 Å². The minimum Gasteiger partial charge on any atom is -0.354 e. The maximum Gasteiger partial charge on any atom is 0.239 e. The number of amides is 3. The van der Waals surface area contributed by atoms with Gasteiger partial charge in [-0.25, -0.2) is 0 Å². The van der Waals surface area contributed by atoms with Gasteiger partial charge in [0.2, 0.25) is 17.7 Å². The Balaban J connectivity index is 1.87. The van der Waals surface area contributed by atoms with Crippen LogP contribution in [0.2, 0.25) is 0 Å². The van der Waals surface area contributed by atoms with Gasteiger partial charge in [-0.2, -0.15) is 0 Å². The Kier molecular flexibility index (Phi) is 7.99. The molecule has 2 aromatic rings. The van der Waals surface area contributed by atoms with Crippen LogP contribution >= 0.6 is 0 Å². The van der Waals surface area contributed by atoms with E-state index in [4.69, 9.17) is 5.73 Å². The van der Waals surface area contributed by atoms with Gasteiger partial charge in [0.05, 0.1) is 19.6 Å². The van der Waals surface area contributed by atoms with Crippen LogP contribution in [-0.2, 0) is 14.4 Å². The molecule has 0 aliphatic heterocycles. The van der Waals surface area contributed by atoms with E-state index in [2.05, 4.69) is 16.0 Å². The second kappa shape index (κ2) is 10.7. The molecule has 0 atom stereocenters. The molecule has 27 heavy (non-hydrogen) atoms. The molecular formula is C20H24N4O3. The molecule has 2 rings (SSSR count). The summed E-state index contributed by atoms with van der Waals surface area (Å²) < 4.78 is 0. The molecule has 142 valence electrons. The van der Waals surface area contributed by atoms with E-state index < -0.39 is 11.8 Å². The zero-order valence-corrected chi connectivity index (χ0v) is 15.0. The number of hydrogen-bond acceptors (Lipinski definition) is 4. The molecule has 3 amide bonds. The normalized spacial score (nSPS) is 10.3. The molecule has 0 spiro atoms. The third kappa shape index (κ3) is 6.91. The SMILES string of the molecule is NCC(=O)NCC(=O)NCC(=O)NCC(c1ccccc1)c1ccccc1. The first-order chi connectivity index (χ1) is 13.1. The Hall–Kier alpha value is -3.19. The summed E-state index contributed by atoms with van der Waals surface area (Å²) in [6.07, 6.45) is 0. The van der Waals surface area contributed by atoms with Crippen molar-refractivity contribution >= 4 is 17.7 Å². The number of carbonyl (C=O) groups excluding carboxylic acids is 3. The van der Waals surface area contributed by atoms with Crippen LogP contribution in [0.5, 0.6) is 0 Å². The Labute approximate surface area is 158 Å². The largest absolute Gasteiger partial charge is 0.354 e. The molecule has 7 nitrogen and oxygen atoms in total. The highest BCUT2D eigenvalue weighted by Gasteiger charge is 2.15. The van der Waals surface area contributed by atoms with Crippen LogP contribution in [0.15, 0.2) is 60.7 Å². The Morgan fingerprint density at radius 2 is 1.15 bits per heavy atom. The highest BCUT2D eigenvalue weighted by atomic mass is 16.2. The predicted octanol–water partition coefficient (Wildman–Crippen LogP) is 0.126. The van der Waals surface area contributed by atoms with Crippen molar-refractivity contribution in [3.05, 3.63) is 71.8 Å². The molecule has 0 bridgehead atoms. The molecule has 0 aliphatic carbocycles. The molecule has 0 aromatic heterocycles. The molecule has 0 saturated carbocycles. The molecule has 2 aromatic carbocycles. The van der Waals surface area contributed by atoms with Gasteiger partial charge in [-0.05, 0) is 11.1 Å². The van der Waals surface area contributed by atoms with E-state index in [-0.39, 0.29) is 31.5 Å². The van der Waals surface area contributed by atoms with E-state index >= 15 is 0 Å². The number of rotatable bonds is 9. The summed E-state index contributed by atoms with van der Waals surface area (Å²) in [5.74, 6) is -1.17. The van der Waals surface area contributed by atoms with Crippen LogP contribution in [-0.4, -0.2) is 43.9 Å². The zero-order chi connectivity index (χ0) is 19.5. The van der Waals surface area contributed by atoms with E-state index in [1.54, 1.807) is 0 Å². The topological polar surface area (TPSA) is 113 Å². The molecule has 0 fully saturated rings. The van der Waals surface area contributed by atoms with Crippen LogP contribution in [0.4, 0.5) is 0 Å². The monoisotopic (exact) mass is 368 g/mol. The summed E-state index contributed by atoms with van der Waals surface area (Å²) in [7, 11) is 0. The van der Waals surface area contributed by atoms with Gasteiger partial charge in [-0.1, -0.05) is 60.7 Å². The van der Waals surface area contributed by atoms with Crippen LogP contribution in [0, 0.1) is 0 Å². The summed E-state index contributed by atoms with van der Waals surface area (Å²) in [5.41, 5.74) is 7.33. The standard InChI is InChI=1S/C20H24N4O3/c21-11-18(25)23-13-20(27)24-14-19(26)22-12-17(15-7-3-1-4-8-15)16-9-5-2-6-10-16/h1-10,17H,11-14,21H2,(H,22,26)(H,23,25)(H,24,27). The molecular weight excluding hydrogens is 344 g/mol. The Morgan fingerprint density at radius 3 is 1.63 bits per heavy atom. The highest BCUT2D eigenvalue weighted by molar-refractivity contribution is 5.88. The highest BCUT2D eigenvalue weighted by Crippen LogP contribution is 2.23. The summed E-state index contributed by atoms with van der Waals surface area (Å²) in [4.78, 5) is 34.7. The second-order valence-corrected chi connectivity index (χ2v) is 5.94. The van der Waals surface area contributed by atoms with Gasteiger partial charge in [-0.15, -0.1) is 0 Å². The molecule has 0 saturated heterocycles. The van der Waals surface area contributed by atoms with Crippen molar-refractivity contribution < 1.29 is 14.4 Å². The number of benzene rings is 2. The fourth-order valence-electron chi connectivity index (χ4n) is 2.57. The van der Waals surface area contributed by atoms with Gasteiger partial charge in [-0.3, -0.25) is 14.4 Å². The second-order valence-electron chi connectivity index (χ2n) is 5.94. The van der Waals surface area contributed by atoms with E-state index in [1.807, 2.05) is 60.7 Å². The molecule has 0 heterocycles. The first-order valence-electron chi connectivity index (χ1n) is 8.70. The van der Waals surface area contributed by atoms with Crippen molar-refractivity contribution in [2.24, 2.45) is 5.73 Å². The van der Waals surface area contributed by atoms with E-state index in [0.717, 1.165) is 11.1 Å². The maximum atomic E-state index is 12.1. The van der Waals surface area contributed by atoms with Gasteiger partial charge in [0.15, 0.2) is 0 Å². The van der Waals surface area contributed by atoms with Crippen LogP contribution in [0.3, 0.4) is 0 Å². The average molecular weight is 368 g/mol. The fourth-order valence-corrected chi connectivity index (χ4v) is 2.57. The van der Waals surface area contributed by atoms with Crippen molar-refractivity contribution in [1.82, 2.24) is 16.0 Å². The van der Waals surface area contributed by atoms with Gasteiger partial charge in [0.25, 0.3) is 0 Å². The number of nitrogens with one attached hydrogen (secondary N) is 3. The Bertz CT molecular complexity index is 711. The fraction of sp³-hybridized carbons (Fsp3) is 0.250. The van der Waals surface area contributed by atoms with Crippen molar-refractivity contribution in [3.8, 4) is 0 Å². The lowest BCUT2D eigenvalue weighted by molar-refractivity contribution is -0.127. The van der Waals surface area contributed by atoms with E-state index in [9.17, 15) is 14.4 Å². The zero-order valence-electron chi connectivity index (χ0n) is 15.0. The molecule has 0 aliphatic rings. The lowest BCUT2D eigenvalue weighted by Crippen LogP contribution is -2.43. The first kappa shape index (κ1) is 20.1. The third-order valence-electron chi connectivity index (χ3n) is 3.98. The van der Waals surface area contributed by atoms with Crippen molar-refractivity contribution in [1.29, 1.82) is 0 Å². The van der Waals surface area contributed by atoms with Crippen molar-refractivity contribution in [3.63, 3.8) is 0 Å². The molecule has 5 N–H and O–H groups in total. The summed E-state index contributed by atoms with van der Waals surface area (Å²) >= 11 is 0. The quantitative estimate of drug-likeness (QED) is 0.504. The number of nitrogens with two attached hydrogens (primary N) is 1. The van der Waals surface area contributed by atoms with Gasteiger partial charge >= 0.3 is 0 Å². The lowest BCUT2D eigenvalue weighted by atomic mass is 9.91.